The quantitative estimate of drug-likeness (QED) is 0.133. The van der Waals surface area contributed by atoms with Crippen molar-refractivity contribution in [2.24, 2.45) is 0 Å². The molecule has 0 N–H and O–H groups in total. The largest absolute Gasteiger partial charge is 0.308 e. The Bertz CT molecular complexity index is 3870. The maximum atomic E-state index is 10.3. The highest BCUT2D eigenvalue weighted by Gasteiger charge is 2.24. The van der Waals surface area contributed by atoms with Gasteiger partial charge in [-0.1, -0.05) is 170 Å². The van der Waals surface area contributed by atoms with E-state index in [1.807, 2.05) is 176 Å². The molecule has 0 fully saturated rings. The molecule has 0 aliphatic carbocycles. The zero-order chi connectivity index (χ0) is 47.7. The minimum Gasteiger partial charge on any atom is -0.308 e. The van der Waals surface area contributed by atoms with Gasteiger partial charge in [-0.15, -0.1) is 0 Å². The summed E-state index contributed by atoms with van der Waals surface area (Å²) in [5, 5.41) is 12.3. The first kappa shape index (κ1) is 42.2. The van der Waals surface area contributed by atoms with E-state index in [1.54, 1.807) is 0 Å². The van der Waals surface area contributed by atoms with Crippen molar-refractivity contribution in [2.75, 3.05) is 0 Å². The summed E-state index contributed by atoms with van der Waals surface area (Å²) in [4.78, 5) is 34.3. The van der Waals surface area contributed by atoms with Gasteiger partial charge >= 0.3 is 0 Å². The SMILES string of the molecule is [C-]#[N+]c1cccc(-c2cc(-c3nc(-c4ccccc4)nc(-c4ccccc4)n3)cc(-c3cccc(C#N)c3)c2-n2c3ccccc3c3cc(-c4nc(-c5ccccc5)nc(-c5ccccc5)n4)ccc32)c1. The maximum absolute atomic E-state index is 10.3. The number of fused-ring (bicyclic) bond motifs is 3. The summed E-state index contributed by atoms with van der Waals surface area (Å²) in [6.45, 7) is 8.08. The van der Waals surface area contributed by atoms with Crippen LogP contribution in [0, 0.1) is 17.9 Å². The van der Waals surface area contributed by atoms with Gasteiger partial charge in [-0.3, -0.25) is 0 Å². The molecule has 0 radical (unpaired) electrons. The Morgan fingerprint density at radius 1 is 0.352 bits per heavy atom. The zero-order valence-electron chi connectivity index (χ0n) is 37.9. The predicted molar refractivity (Wildman–Crippen MR) is 282 cm³/mol. The fraction of sp³-hybridized carbons (Fsp3) is 0. The standard InChI is InChI=1S/C62H37N9/c1-64-49-29-17-28-46(35-49)52-38-48(62-69-59(43-23-10-4-11-24-43)66-60(70-62)44-25-12-5-13-26-44)37-51(45-27-16-18-40(34-45)39-63)56(52)71-54-31-15-14-30-50(54)53-36-47(32-33-55(53)71)61-67-57(41-19-6-2-7-20-41)65-58(68-61)42-21-8-3-9-22-42/h2-38H. The van der Waals surface area contributed by atoms with E-state index < -0.39 is 0 Å². The number of para-hydroxylation sites is 1. The lowest BCUT2D eigenvalue weighted by Gasteiger charge is -2.21. The molecule has 0 aliphatic rings. The van der Waals surface area contributed by atoms with Crippen LogP contribution in [-0.4, -0.2) is 34.5 Å². The van der Waals surface area contributed by atoms with E-state index in [0.29, 0.717) is 46.2 Å². The normalized spacial score (nSPS) is 11.1. The Balaban J connectivity index is 1.15. The third-order valence-electron chi connectivity index (χ3n) is 12.5. The molecule has 330 valence electrons. The van der Waals surface area contributed by atoms with Crippen molar-refractivity contribution >= 4 is 27.5 Å². The van der Waals surface area contributed by atoms with Crippen LogP contribution in [0.5, 0.6) is 0 Å². The fourth-order valence-electron chi connectivity index (χ4n) is 9.17. The molecule has 0 amide bonds. The van der Waals surface area contributed by atoms with Crippen molar-refractivity contribution < 1.29 is 0 Å². The predicted octanol–water partition coefficient (Wildman–Crippen LogP) is 14.9. The smallest absolute Gasteiger partial charge is 0.187 e. The summed E-state index contributed by atoms with van der Waals surface area (Å²) in [7, 11) is 0. The van der Waals surface area contributed by atoms with Gasteiger partial charge < -0.3 is 4.57 Å². The molecule has 0 unspecified atom stereocenters. The van der Waals surface area contributed by atoms with Gasteiger partial charge in [0.15, 0.2) is 40.6 Å². The van der Waals surface area contributed by atoms with Crippen LogP contribution < -0.4 is 0 Å². The second-order valence-electron chi connectivity index (χ2n) is 16.9. The highest BCUT2D eigenvalue weighted by atomic mass is 15.0. The van der Waals surface area contributed by atoms with Gasteiger partial charge in [0.1, 0.15) is 0 Å². The number of benzene rings is 9. The number of aromatic nitrogens is 7. The van der Waals surface area contributed by atoms with E-state index in [-0.39, 0.29) is 0 Å². The number of hydrogen-bond acceptors (Lipinski definition) is 7. The van der Waals surface area contributed by atoms with Crippen LogP contribution in [0.3, 0.4) is 0 Å². The van der Waals surface area contributed by atoms with Crippen molar-refractivity contribution in [1.29, 1.82) is 5.26 Å². The summed E-state index contributed by atoms with van der Waals surface area (Å²) in [5.74, 6) is 3.25. The highest BCUT2D eigenvalue weighted by molar-refractivity contribution is 6.12. The summed E-state index contributed by atoms with van der Waals surface area (Å²) in [6, 6.07) is 76.5. The number of nitriles is 1. The average molecular weight is 908 g/mol. The van der Waals surface area contributed by atoms with E-state index >= 15 is 0 Å². The van der Waals surface area contributed by atoms with Gasteiger partial charge in [-0.2, -0.15) is 5.26 Å². The van der Waals surface area contributed by atoms with Crippen LogP contribution in [0.25, 0.3) is 123 Å². The van der Waals surface area contributed by atoms with Crippen molar-refractivity contribution in [3.63, 3.8) is 0 Å². The first-order valence-electron chi connectivity index (χ1n) is 23.0. The molecule has 0 bridgehead atoms. The molecule has 9 aromatic carbocycles. The summed E-state index contributed by atoms with van der Waals surface area (Å²) in [6.07, 6.45) is 0. The van der Waals surface area contributed by atoms with E-state index in [1.165, 1.54) is 0 Å². The van der Waals surface area contributed by atoms with Crippen molar-refractivity contribution in [2.45, 2.75) is 0 Å². The monoisotopic (exact) mass is 907 g/mol. The topological polar surface area (TPSA) is 110 Å². The zero-order valence-corrected chi connectivity index (χ0v) is 37.9. The minimum absolute atomic E-state index is 0.471. The second kappa shape index (κ2) is 18.1. The molecule has 9 heteroatoms. The Morgan fingerprint density at radius 2 is 0.775 bits per heavy atom. The van der Waals surface area contributed by atoms with Gasteiger partial charge in [-0.05, 0) is 65.7 Å². The summed E-state index contributed by atoms with van der Waals surface area (Å²) in [5.41, 5.74) is 12.1. The molecule has 12 aromatic rings. The average Bonchev–Trinajstić information content (AvgIpc) is 3.78. The molecule has 3 heterocycles. The van der Waals surface area contributed by atoms with Crippen LogP contribution >= 0.6 is 0 Å². The minimum atomic E-state index is 0.471. The van der Waals surface area contributed by atoms with Gasteiger partial charge in [0, 0.05) is 55.3 Å². The van der Waals surface area contributed by atoms with Crippen molar-refractivity contribution in [3.05, 3.63) is 241 Å². The molecular formula is C62H37N9. The van der Waals surface area contributed by atoms with Crippen LogP contribution in [0.2, 0.25) is 0 Å². The molecule has 0 spiro atoms. The first-order chi connectivity index (χ1) is 35.1. The molecule has 3 aromatic heterocycles. The molecule has 0 saturated heterocycles. The Labute approximate surface area is 409 Å². The lowest BCUT2D eigenvalue weighted by molar-refractivity contribution is 1.07. The van der Waals surface area contributed by atoms with Crippen LogP contribution in [0.1, 0.15) is 5.56 Å². The Kier molecular flexibility index (Phi) is 10.8. The molecule has 0 saturated carbocycles. The molecule has 12 rings (SSSR count). The van der Waals surface area contributed by atoms with Gasteiger partial charge in [0.2, 0.25) is 0 Å². The van der Waals surface area contributed by atoms with Gasteiger partial charge in [0.25, 0.3) is 0 Å². The fourth-order valence-corrected chi connectivity index (χ4v) is 9.17. The number of rotatable bonds is 9. The molecule has 0 atom stereocenters. The van der Waals surface area contributed by atoms with Crippen LogP contribution in [-0.2, 0) is 0 Å². The summed E-state index contributed by atoms with van der Waals surface area (Å²) < 4.78 is 2.29. The van der Waals surface area contributed by atoms with E-state index in [9.17, 15) is 5.26 Å². The van der Waals surface area contributed by atoms with E-state index in [4.69, 9.17) is 36.5 Å². The van der Waals surface area contributed by atoms with Crippen LogP contribution in [0.15, 0.2) is 224 Å². The van der Waals surface area contributed by atoms with Crippen LogP contribution in [0.4, 0.5) is 5.69 Å². The molecule has 0 aliphatic heterocycles. The van der Waals surface area contributed by atoms with Gasteiger partial charge in [-0.25, -0.2) is 34.7 Å². The molecular weight excluding hydrogens is 871 g/mol. The maximum Gasteiger partial charge on any atom is 0.187 e. The third kappa shape index (κ3) is 8.02. The Morgan fingerprint density at radius 3 is 1.28 bits per heavy atom. The van der Waals surface area contributed by atoms with E-state index in [0.717, 1.165) is 83.1 Å². The molecule has 9 nitrogen and oxygen atoms in total. The summed E-state index contributed by atoms with van der Waals surface area (Å²) >= 11 is 0. The lowest BCUT2D eigenvalue weighted by Crippen LogP contribution is -2.04. The Hall–Kier alpha value is -10.2. The van der Waals surface area contributed by atoms with Gasteiger partial charge in [0.05, 0.1) is 34.9 Å². The molecule has 71 heavy (non-hydrogen) atoms. The van der Waals surface area contributed by atoms with Crippen molar-refractivity contribution in [3.8, 4) is 102 Å². The van der Waals surface area contributed by atoms with E-state index in [2.05, 4.69) is 64.0 Å². The van der Waals surface area contributed by atoms with Crippen molar-refractivity contribution in [1.82, 2.24) is 34.5 Å². The first-order valence-corrected chi connectivity index (χ1v) is 23.0. The lowest BCUT2D eigenvalue weighted by atomic mass is 9.91. The number of hydrogen-bond donors (Lipinski definition) is 0. The number of nitrogens with zero attached hydrogens (tertiary/aromatic N) is 9. The highest BCUT2D eigenvalue weighted by Crippen LogP contribution is 2.45. The second-order valence-corrected chi connectivity index (χ2v) is 16.9. The third-order valence-corrected chi connectivity index (χ3v) is 12.5.